The summed E-state index contributed by atoms with van der Waals surface area (Å²) in [6, 6.07) is 112. The smallest absolute Gasteiger partial charge is 0.0721 e. The lowest BCUT2D eigenvalue weighted by Crippen LogP contribution is -2.22. The summed E-state index contributed by atoms with van der Waals surface area (Å²) in [5.74, 6) is 0. The van der Waals surface area contributed by atoms with Gasteiger partial charge in [-0.1, -0.05) is 243 Å². The second-order valence-electron chi connectivity index (χ2n) is 27.7. The highest BCUT2D eigenvalue weighted by Crippen LogP contribution is 2.43. The van der Waals surface area contributed by atoms with Crippen molar-refractivity contribution in [3.05, 3.63) is 404 Å². The van der Waals surface area contributed by atoms with E-state index in [0.717, 1.165) is 101 Å². The maximum atomic E-state index is 5.30. The second kappa shape index (κ2) is 38.9. The Labute approximate surface area is 643 Å². The van der Waals surface area contributed by atoms with Gasteiger partial charge >= 0.3 is 0 Å². The fourth-order valence-electron chi connectivity index (χ4n) is 13.0. The molecule has 108 heavy (non-hydrogen) atoms. The highest BCUT2D eigenvalue weighted by atomic mass is 31.1. The molecule has 0 radical (unpaired) electrons. The fourth-order valence-corrected chi connectivity index (χ4v) is 18.7. The summed E-state index contributed by atoms with van der Waals surface area (Å²) in [6.07, 6.45) is 18.1. The lowest BCUT2D eigenvalue weighted by atomic mass is 10.1. The van der Waals surface area contributed by atoms with Crippen molar-refractivity contribution >= 4 is 86.8 Å². The summed E-state index contributed by atoms with van der Waals surface area (Å²) in [7, 11) is -2.48. The lowest BCUT2D eigenvalue weighted by Gasteiger charge is -2.26. The van der Waals surface area contributed by atoms with Crippen molar-refractivity contribution in [3.63, 3.8) is 0 Å². The van der Waals surface area contributed by atoms with Gasteiger partial charge in [0.1, 0.15) is 0 Å². The quantitative estimate of drug-likeness (QED) is 0.0305. The third kappa shape index (κ3) is 22.2. The molecule has 8 nitrogen and oxygen atoms in total. The standard InChI is InChI=1S/C98H96N8P2/c1-71(87-33-17-9-18-34-87)99-63-79-51-80(64-100-72(2)88-35-19-10-20-36-88)56-95(55-79)107(96-57-81(65-101-73(3)89-37-21-11-22-38-89)52-82(58-96)66-102-74(4)90-39-23-12-24-40-90)49-50-108(97-59-83(67-103-75(5)91-41-25-13-26-42-91)53-84(60-97)68-104-76(6)92-43-27-14-28-44-92)98-61-85(69-105-77(7)93-45-29-15-30-46-93)54-86(62-98)70-106-78(8)94-47-31-16-32-48-94/h9-48,51-78H,49-50H2,1-8H3/t71-,72-,73-,74-,75-,76-,77-,78-,107?,108?/m0/s1. The lowest BCUT2D eigenvalue weighted by molar-refractivity contribution is 0.824. The van der Waals surface area contributed by atoms with Crippen LogP contribution in [0.3, 0.4) is 0 Å². The zero-order chi connectivity index (χ0) is 74.8. The Morgan fingerprint density at radius 3 is 0.426 bits per heavy atom. The van der Waals surface area contributed by atoms with Gasteiger partial charge in [-0.25, -0.2) is 0 Å². The molecule has 12 aromatic rings. The maximum Gasteiger partial charge on any atom is 0.0721 e. The minimum absolute atomic E-state index is 0.0813. The van der Waals surface area contributed by atoms with Crippen molar-refractivity contribution in [2.75, 3.05) is 12.3 Å². The zero-order valence-electron chi connectivity index (χ0n) is 63.1. The van der Waals surface area contributed by atoms with Crippen LogP contribution in [0, 0.1) is 0 Å². The molecule has 0 saturated heterocycles. The van der Waals surface area contributed by atoms with Crippen molar-refractivity contribution in [2.45, 2.75) is 104 Å². The van der Waals surface area contributed by atoms with Gasteiger partial charge in [-0.3, -0.25) is 39.9 Å². The summed E-state index contributed by atoms with van der Waals surface area (Å²) in [5.41, 5.74) is 17.2. The van der Waals surface area contributed by atoms with Gasteiger partial charge in [0.05, 0.1) is 48.3 Å². The summed E-state index contributed by atoms with van der Waals surface area (Å²) < 4.78 is 0. The first-order chi connectivity index (χ1) is 52.8. The summed E-state index contributed by atoms with van der Waals surface area (Å²) in [6.45, 7) is 17.3. The summed E-state index contributed by atoms with van der Waals surface area (Å²) >= 11 is 0. The first kappa shape index (κ1) is 76.5. The molecule has 0 bridgehead atoms. The Morgan fingerprint density at radius 2 is 0.306 bits per heavy atom. The third-order valence-electron chi connectivity index (χ3n) is 19.5. The van der Waals surface area contributed by atoms with Crippen molar-refractivity contribution in [1.29, 1.82) is 0 Å². The number of hydrogen-bond donors (Lipinski definition) is 0. The molecule has 12 aromatic carbocycles. The molecular formula is C98H96N8P2. The van der Waals surface area contributed by atoms with Crippen LogP contribution in [0.15, 0.2) is 355 Å². The normalized spacial score (nSPS) is 15.0. The topological polar surface area (TPSA) is 98.9 Å². The van der Waals surface area contributed by atoms with E-state index >= 15 is 0 Å². The van der Waals surface area contributed by atoms with Crippen LogP contribution in [-0.2, 0) is 0 Å². The van der Waals surface area contributed by atoms with Crippen molar-refractivity contribution in [3.8, 4) is 0 Å². The number of hydrogen-bond acceptors (Lipinski definition) is 8. The highest BCUT2D eigenvalue weighted by Gasteiger charge is 2.24. The Kier molecular flexibility index (Phi) is 27.6. The molecule has 0 spiro atoms. The average Bonchev–Trinajstić information content (AvgIpc) is 0.796. The van der Waals surface area contributed by atoms with Crippen LogP contribution in [0.25, 0.3) is 0 Å². The number of nitrogens with zero attached hydrogens (tertiary/aromatic N) is 8. The van der Waals surface area contributed by atoms with Gasteiger partial charge in [0, 0.05) is 49.7 Å². The average molecular weight is 1450 g/mol. The van der Waals surface area contributed by atoms with Crippen molar-refractivity contribution in [1.82, 2.24) is 0 Å². The fraction of sp³-hybridized carbons (Fsp3) is 0.184. The molecule has 0 aliphatic carbocycles. The van der Waals surface area contributed by atoms with Gasteiger partial charge in [-0.05, 0) is 267 Å². The van der Waals surface area contributed by atoms with E-state index < -0.39 is 15.8 Å². The number of benzene rings is 12. The first-order valence-electron chi connectivity index (χ1n) is 37.6. The Hall–Kier alpha value is -11.1. The molecule has 0 aromatic heterocycles. The maximum absolute atomic E-state index is 5.30. The molecular weight excluding hydrogens is 1350 g/mol. The van der Waals surface area contributed by atoms with Gasteiger partial charge < -0.3 is 0 Å². The minimum Gasteiger partial charge on any atom is -0.285 e. The van der Waals surface area contributed by atoms with E-state index in [1.807, 2.05) is 0 Å². The molecule has 538 valence electrons. The van der Waals surface area contributed by atoms with Gasteiger partial charge in [-0.15, -0.1) is 0 Å². The molecule has 0 amide bonds. The molecule has 0 saturated carbocycles. The van der Waals surface area contributed by atoms with E-state index in [0.29, 0.717) is 0 Å². The van der Waals surface area contributed by atoms with Crippen LogP contribution in [0.1, 0.15) is 193 Å². The molecule has 0 aliphatic heterocycles. The highest BCUT2D eigenvalue weighted by molar-refractivity contribution is 7.76. The number of aliphatic imine (C=N–C) groups is 8. The molecule has 12 rings (SSSR count). The van der Waals surface area contributed by atoms with Gasteiger partial charge in [0.2, 0.25) is 0 Å². The van der Waals surface area contributed by atoms with E-state index in [1.54, 1.807) is 0 Å². The Bertz CT molecular complexity index is 4140. The van der Waals surface area contributed by atoms with Crippen LogP contribution in [0.2, 0.25) is 0 Å². The largest absolute Gasteiger partial charge is 0.285 e. The minimum atomic E-state index is -1.24. The van der Waals surface area contributed by atoms with Gasteiger partial charge in [0.15, 0.2) is 0 Å². The Morgan fingerprint density at radius 1 is 0.185 bits per heavy atom. The number of rotatable bonds is 31. The van der Waals surface area contributed by atoms with Gasteiger partial charge in [-0.2, -0.15) is 0 Å². The second-order valence-corrected chi connectivity index (χ2v) is 32.3. The van der Waals surface area contributed by atoms with E-state index in [9.17, 15) is 0 Å². The SMILES string of the molecule is C[C@H](N=Cc1cc(C=N[C@@H](C)c2ccccc2)cc(P(CCP(c2cc(C=N[C@@H](C)c3ccccc3)cc(C=N[C@@H](C)c3ccccc3)c2)c2cc(C=N[C@@H](C)c3ccccc3)cc(C=N[C@@H](C)c3ccccc3)c2)c2cc(C=N[C@@H](C)c3ccccc3)cc(C=N[C@@H](C)c3ccccc3)c2)c1)c1ccccc1. The van der Waals surface area contributed by atoms with Crippen LogP contribution in [0.4, 0.5) is 0 Å². The van der Waals surface area contributed by atoms with Crippen LogP contribution in [0.5, 0.6) is 0 Å². The Balaban J connectivity index is 1.08. The van der Waals surface area contributed by atoms with E-state index in [4.69, 9.17) is 39.9 Å². The predicted octanol–water partition coefficient (Wildman–Crippen LogP) is 22.7. The predicted molar refractivity (Wildman–Crippen MR) is 467 cm³/mol. The van der Waals surface area contributed by atoms with E-state index in [-0.39, 0.29) is 48.3 Å². The van der Waals surface area contributed by atoms with Gasteiger partial charge in [0.25, 0.3) is 0 Å². The molecule has 0 unspecified atom stereocenters. The third-order valence-corrected chi connectivity index (χ3v) is 24.7. The molecule has 0 fully saturated rings. The monoisotopic (exact) mass is 1450 g/mol. The molecule has 0 N–H and O–H groups in total. The molecule has 10 heteroatoms. The molecule has 8 atom stereocenters. The summed E-state index contributed by atoms with van der Waals surface area (Å²) in [5, 5.41) is 4.81. The van der Waals surface area contributed by atoms with Crippen molar-refractivity contribution in [2.24, 2.45) is 39.9 Å². The van der Waals surface area contributed by atoms with Crippen LogP contribution >= 0.6 is 15.8 Å². The first-order valence-corrected chi connectivity index (χ1v) is 40.7. The van der Waals surface area contributed by atoms with E-state index in [2.05, 4.69) is 421 Å². The van der Waals surface area contributed by atoms with Crippen molar-refractivity contribution < 1.29 is 0 Å². The summed E-state index contributed by atoms with van der Waals surface area (Å²) in [4.78, 5) is 42.4. The van der Waals surface area contributed by atoms with Crippen LogP contribution in [-0.4, -0.2) is 62.0 Å². The molecule has 0 heterocycles. The molecule has 0 aliphatic rings. The zero-order valence-corrected chi connectivity index (χ0v) is 64.9. The van der Waals surface area contributed by atoms with E-state index in [1.165, 1.54) is 21.2 Å². The van der Waals surface area contributed by atoms with Crippen LogP contribution < -0.4 is 21.2 Å².